The van der Waals surface area contributed by atoms with Crippen molar-refractivity contribution >= 4 is 39.0 Å². The van der Waals surface area contributed by atoms with E-state index in [1.54, 1.807) is 0 Å². The zero-order valence-corrected chi connectivity index (χ0v) is 38.3. The summed E-state index contributed by atoms with van der Waals surface area (Å²) in [5.41, 5.74) is 23.1. The predicted molar refractivity (Wildman–Crippen MR) is 281 cm³/mol. The lowest BCUT2D eigenvalue weighted by atomic mass is 9.67. The fourth-order valence-corrected chi connectivity index (χ4v) is 13.0. The summed E-state index contributed by atoms with van der Waals surface area (Å²) in [5.74, 6) is 0. The smallest absolute Gasteiger partial charge is 0.139 e. The number of para-hydroxylation sites is 1. The Kier molecular flexibility index (Phi) is 8.12. The molecule has 68 heavy (non-hydrogen) atoms. The average Bonchev–Trinajstić information content (AvgIpc) is 4.08. The number of anilines is 3. The Bertz CT molecular complexity index is 3770. The minimum Gasteiger partial charge on any atom is -0.456 e. The highest BCUT2D eigenvalue weighted by Gasteiger charge is 2.47. The fourth-order valence-electron chi connectivity index (χ4n) is 13.0. The fraction of sp³-hybridized carbons (Fsp3) is 0.0909. The molecule has 0 aliphatic heterocycles. The first kappa shape index (κ1) is 39.0. The summed E-state index contributed by atoms with van der Waals surface area (Å²) in [4.78, 5) is 2.51. The Balaban J connectivity index is 1.05. The molecule has 2 nitrogen and oxygen atoms in total. The Morgan fingerprint density at radius 2 is 0.809 bits per heavy atom. The summed E-state index contributed by atoms with van der Waals surface area (Å²) in [5, 5.41) is 2.20. The third-order valence-electron chi connectivity index (χ3n) is 16.0. The van der Waals surface area contributed by atoms with E-state index in [2.05, 4.69) is 256 Å². The van der Waals surface area contributed by atoms with Gasteiger partial charge in [0, 0.05) is 33.2 Å². The molecule has 0 unspecified atom stereocenters. The van der Waals surface area contributed by atoms with Crippen LogP contribution in [-0.4, -0.2) is 0 Å². The molecule has 14 rings (SSSR count). The standard InChI is InChI=1S/C66H47NO/c1-64(2)53-29-14-10-24-46(53)50-38-36-44(40-58(50)64)67(45-37-39-51-49-27-13-17-32-56(49)66(59(51)41-45,42-20-6-4-7-21-42)43-22-8-5-9-23-43)60-34-19-35-61-62(60)52-28-18-33-57(63(52)68-61)65(3)54-30-15-11-25-47(54)48-26-12-16-31-55(48)65/h4-41H,1-3H3. The average molecular weight is 870 g/mol. The zero-order valence-electron chi connectivity index (χ0n) is 38.3. The van der Waals surface area contributed by atoms with Crippen molar-refractivity contribution in [2.45, 2.75) is 37.0 Å². The molecule has 3 aliphatic rings. The summed E-state index contributed by atoms with van der Waals surface area (Å²) in [6.07, 6.45) is 0. The maximum absolute atomic E-state index is 7.24. The van der Waals surface area contributed by atoms with Gasteiger partial charge in [-0.3, -0.25) is 0 Å². The molecule has 0 N–H and O–H groups in total. The summed E-state index contributed by atoms with van der Waals surface area (Å²) >= 11 is 0. The Labute approximate surface area is 397 Å². The molecule has 1 aromatic heterocycles. The molecule has 0 radical (unpaired) electrons. The van der Waals surface area contributed by atoms with Crippen molar-refractivity contribution in [3.63, 3.8) is 0 Å². The first-order chi connectivity index (χ1) is 33.4. The third kappa shape index (κ3) is 5.07. The number of benzene rings is 10. The maximum atomic E-state index is 7.24. The van der Waals surface area contributed by atoms with Gasteiger partial charge >= 0.3 is 0 Å². The number of nitrogens with zero attached hydrogens (tertiary/aromatic N) is 1. The van der Waals surface area contributed by atoms with Gasteiger partial charge < -0.3 is 9.32 Å². The zero-order chi connectivity index (χ0) is 45.4. The van der Waals surface area contributed by atoms with Crippen molar-refractivity contribution in [2.24, 2.45) is 0 Å². The molecule has 10 aromatic carbocycles. The van der Waals surface area contributed by atoms with E-state index in [0.717, 1.165) is 39.0 Å². The molecule has 3 aliphatic carbocycles. The highest BCUT2D eigenvalue weighted by Crippen LogP contribution is 2.59. The van der Waals surface area contributed by atoms with E-state index in [9.17, 15) is 0 Å². The Morgan fingerprint density at radius 1 is 0.353 bits per heavy atom. The normalized spacial score (nSPS) is 15.0. The van der Waals surface area contributed by atoms with Crippen LogP contribution < -0.4 is 4.90 Å². The number of rotatable bonds is 6. The van der Waals surface area contributed by atoms with Crippen LogP contribution >= 0.6 is 0 Å². The molecule has 0 bridgehead atoms. The first-order valence-corrected chi connectivity index (χ1v) is 23.9. The van der Waals surface area contributed by atoms with E-state index in [-0.39, 0.29) is 5.41 Å². The molecule has 11 aromatic rings. The van der Waals surface area contributed by atoms with Crippen molar-refractivity contribution < 1.29 is 4.42 Å². The highest BCUT2D eigenvalue weighted by atomic mass is 16.3. The van der Waals surface area contributed by atoms with Crippen LogP contribution in [0.3, 0.4) is 0 Å². The third-order valence-corrected chi connectivity index (χ3v) is 16.0. The van der Waals surface area contributed by atoms with Gasteiger partial charge in [0.05, 0.1) is 16.5 Å². The molecule has 0 atom stereocenters. The van der Waals surface area contributed by atoms with E-state index in [1.165, 1.54) is 83.5 Å². The summed E-state index contributed by atoms with van der Waals surface area (Å²) in [6.45, 7) is 7.13. The van der Waals surface area contributed by atoms with E-state index in [4.69, 9.17) is 4.42 Å². The van der Waals surface area contributed by atoms with Crippen LogP contribution in [0.15, 0.2) is 235 Å². The van der Waals surface area contributed by atoms with Crippen LogP contribution in [-0.2, 0) is 16.2 Å². The summed E-state index contributed by atoms with van der Waals surface area (Å²) in [7, 11) is 0. The number of furan rings is 1. The molecule has 2 heteroatoms. The minimum absolute atomic E-state index is 0.185. The van der Waals surface area contributed by atoms with E-state index >= 15 is 0 Å². The quantitative estimate of drug-likeness (QED) is 0.166. The second kappa shape index (κ2) is 14.2. The van der Waals surface area contributed by atoms with Crippen LogP contribution in [0.5, 0.6) is 0 Å². The molecule has 0 saturated carbocycles. The second-order valence-electron chi connectivity index (χ2n) is 19.6. The molecule has 0 saturated heterocycles. The topological polar surface area (TPSA) is 16.4 Å². The lowest BCUT2D eigenvalue weighted by Crippen LogP contribution is -2.28. The van der Waals surface area contributed by atoms with Gasteiger partial charge in [-0.1, -0.05) is 208 Å². The molecular weight excluding hydrogens is 823 g/mol. The van der Waals surface area contributed by atoms with Crippen molar-refractivity contribution in [3.05, 3.63) is 281 Å². The van der Waals surface area contributed by atoms with Crippen molar-refractivity contribution in [1.82, 2.24) is 0 Å². The largest absolute Gasteiger partial charge is 0.456 e. The van der Waals surface area contributed by atoms with Crippen molar-refractivity contribution in [1.29, 1.82) is 0 Å². The number of hydrogen-bond acceptors (Lipinski definition) is 2. The SMILES string of the molecule is CC1(C)c2ccccc2-c2ccc(N(c3ccc4c(c3)C(c3ccccc3)(c3ccccc3)c3ccccc3-4)c3cccc4oc5c(C6(C)c7ccccc7-c7ccccc76)cccc5c34)cc21. The van der Waals surface area contributed by atoms with Gasteiger partial charge in [0.2, 0.25) is 0 Å². The van der Waals surface area contributed by atoms with Crippen LogP contribution in [0, 0.1) is 0 Å². The first-order valence-electron chi connectivity index (χ1n) is 23.9. The number of hydrogen-bond donors (Lipinski definition) is 0. The van der Waals surface area contributed by atoms with Gasteiger partial charge in [0.15, 0.2) is 0 Å². The molecule has 0 amide bonds. The van der Waals surface area contributed by atoms with Gasteiger partial charge in [-0.05, 0) is 121 Å². The molecule has 0 fully saturated rings. The van der Waals surface area contributed by atoms with Crippen LogP contribution in [0.1, 0.15) is 70.8 Å². The van der Waals surface area contributed by atoms with Crippen LogP contribution in [0.25, 0.3) is 55.3 Å². The summed E-state index contributed by atoms with van der Waals surface area (Å²) in [6, 6.07) is 85.7. The maximum Gasteiger partial charge on any atom is 0.139 e. The van der Waals surface area contributed by atoms with Gasteiger partial charge in [-0.25, -0.2) is 0 Å². The number of fused-ring (bicyclic) bond motifs is 12. The highest BCUT2D eigenvalue weighted by molar-refractivity contribution is 6.14. The molecule has 322 valence electrons. The Morgan fingerprint density at radius 3 is 1.43 bits per heavy atom. The van der Waals surface area contributed by atoms with E-state index in [0.29, 0.717) is 0 Å². The predicted octanol–water partition coefficient (Wildman–Crippen LogP) is 17.1. The van der Waals surface area contributed by atoms with Gasteiger partial charge in [-0.15, -0.1) is 0 Å². The lowest BCUT2D eigenvalue weighted by molar-refractivity contribution is 0.638. The van der Waals surface area contributed by atoms with Crippen LogP contribution in [0.2, 0.25) is 0 Å². The van der Waals surface area contributed by atoms with Gasteiger partial charge in [-0.2, -0.15) is 0 Å². The van der Waals surface area contributed by atoms with Crippen molar-refractivity contribution in [2.75, 3.05) is 4.90 Å². The lowest BCUT2D eigenvalue weighted by Gasteiger charge is -2.35. The van der Waals surface area contributed by atoms with E-state index in [1.807, 2.05) is 0 Å². The van der Waals surface area contributed by atoms with Gasteiger partial charge in [0.25, 0.3) is 0 Å². The summed E-state index contributed by atoms with van der Waals surface area (Å²) < 4.78 is 7.24. The molecule has 1 heterocycles. The van der Waals surface area contributed by atoms with Crippen LogP contribution in [0.4, 0.5) is 17.1 Å². The molecule has 0 spiro atoms. The monoisotopic (exact) mass is 869 g/mol. The molecular formula is C66H47NO. The second-order valence-corrected chi connectivity index (χ2v) is 19.6. The Hall–Kier alpha value is -8.20. The van der Waals surface area contributed by atoms with Crippen molar-refractivity contribution in [3.8, 4) is 33.4 Å². The van der Waals surface area contributed by atoms with E-state index < -0.39 is 10.8 Å². The minimum atomic E-state index is -0.551. The van der Waals surface area contributed by atoms with Gasteiger partial charge in [0.1, 0.15) is 11.2 Å².